The van der Waals surface area contributed by atoms with Crippen molar-refractivity contribution in [2.45, 2.75) is 6.54 Å². The van der Waals surface area contributed by atoms with E-state index in [1.165, 1.54) is 11.3 Å². The van der Waals surface area contributed by atoms with Crippen LogP contribution in [-0.4, -0.2) is 25.1 Å². The summed E-state index contributed by atoms with van der Waals surface area (Å²) < 4.78 is 11.6. The van der Waals surface area contributed by atoms with Crippen molar-refractivity contribution in [1.29, 1.82) is 0 Å². The molecule has 0 aliphatic rings. The van der Waals surface area contributed by atoms with Gasteiger partial charge in [0, 0.05) is 28.3 Å². The lowest BCUT2D eigenvalue weighted by Crippen LogP contribution is -2.22. The van der Waals surface area contributed by atoms with Crippen LogP contribution in [0.4, 0.5) is 10.8 Å². The molecule has 0 aliphatic carbocycles. The molecule has 0 atom stereocenters. The van der Waals surface area contributed by atoms with Crippen LogP contribution in [-0.2, 0) is 6.54 Å². The number of halogens is 1. The highest BCUT2D eigenvalue weighted by Gasteiger charge is 2.20. The molecule has 0 radical (unpaired) electrons. The molecule has 33 heavy (non-hydrogen) atoms. The second-order valence-corrected chi connectivity index (χ2v) is 9.01. The SMILES string of the molecule is COc1cc(CNC(=O)c2sc(Nc3ccc(Br)cc3)nc2-c2ccccc2)cc(OC)c1. The number of methoxy groups -OCH3 is 2. The molecule has 0 saturated carbocycles. The zero-order valence-corrected chi connectivity index (χ0v) is 20.5. The predicted octanol–water partition coefficient (Wildman–Crippen LogP) is 6.26. The predicted molar refractivity (Wildman–Crippen MR) is 136 cm³/mol. The largest absolute Gasteiger partial charge is 0.497 e. The lowest BCUT2D eigenvalue weighted by molar-refractivity contribution is 0.0955. The van der Waals surface area contributed by atoms with E-state index < -0.39 is 0 Å². The van der Waals surface area contributed by atoms with E-state index in [1.54, 1.807) is 20.3 Å². The Kier molecular flexibility index (Phi) is 7.26. The molecule has 0 aliphatic heterocycles. The van der Waals surface area contributed by atoms with Crippen LogP contribution in [0.5, 0.6) is 11.5 Å². The Hall–Kier alpha value is -3.36. The summed E-state index contributed by atoms with van der Waals surface area (Å²) in [5.41, 5.74) is 3.28. The van der Waals surface area contributed by atoms with E-state index in [1.807, 2.05) is 66.7 Å². The van der Waals surface area contributed by atoms with Gasteiger partial charge >= 0.3 is 0 Å². The number of carbonyl (C=O) groups is 1. The molecule has 4 rings (SSSR count). The molecule has 2 N–H and O–H groups in total. The van der Waals surface area contributed by atoms with Crippen molar-refractivity contribution in [2.24, 2.45) is 0 Å². The van der Waals surface area contributed by atoms with Crippen LogP contribution in [0.25, 0.3) is 11.3 Å². The van der Waals surface area contributed by atoms with E-state index in [0.717, 1.165) is 21.3 Å². The van der Waals surface area contributed by atoms with E-state index in [2.05, 4.69) is 26.6 Å². The second kappa shape index (κ2) is 10.5. The molecular formula is C25H22BrN3O3S. The van der Waals surface area contributed by atoms with Crippen molar-refractivity contribution in [3.63, 3.8) is 0 Å². The summed E-state index contributed by atoms with van der Waals surface area (Å²) >= 11 is 4.76. The number of amides is 1. The number of hydrogen-bond acceptors (Lipinski definition) is 6. The fourth-order valence-corrected chi connectivity index (χ4v) is 4.40. The third kappa shape index (κ3) is 5.71. The minimum Gasteiger partial charge on any atom is -0.497 e. The number of rotatable bonds is 8. The minimum atomic E-state index is -0.197. The van der Waals surface area contributed by atoms with Gasteiger partial charge in [-0.2, -0.15) is 0 Å². The minimum absolute atomic E-state index is 0.197. The van der Waals surface area contributed by atoms with E-state index in [9.17, 15) is 4.79 Å². The number of thiazole rings is 1. The van der Waals surface area contributed by atoms with Crippen molar-refractivity contribution in [3.05, 3.63) is 87.7 Å². The molecule has 3 aromatic carbocycles. The second-order valence-electron chi connectivity index (χ2n) is 7.10. The summed E-state index contributed by atoms with van der Waals surface area (Å²) in [6.07, 6.45) is 0. The van der Waals surface area contributed by atoms with Crippen LogP contribution >= 0.6 is 27.3 Å². The van der Waals surface area contributed by atoms with Crippen molar-refractivity contribution < 1.29 is 14.3 Å². The van der Waals surface area contributed by atoms with Crippen LogP contribution in [0, 0.1) is 0 Å². The van der Waals surface area contributed by atoms with Gasteiger partial charge in [0.15, 0.2) is 5.13 Å². The molecule has 0 spiro atoms. The van der Waals surface area contributed by atoms with Gasteiger partial charge in [-0.25, -0.2) is 4.98 Å². The molecule has 8 heteroatoms. The smallest absolute Gasteiger partial charge is 0.264 e. The number of aromatic nitrogens is 1. The van der Waals surface area contributed by atoms with Gasteiger partial charge in [0.1, 0.15) is 16.4 Å². The van der Waals surface area contributed by atoms with Gasteiger partial charge in [0.25, 0.3) is 5.91 Å². The lowest BCUT2D eigenvalue weighted by Gasteiger charge is -2.09. The maximum absolute atomic E-state index is 13.2. The lowest BCUT2D eigenvalue weighted by atomic mass is 10.1. The number of ether oxygens (including phenoxy) is 2. The topological polar surface area (TPSA) is 72.5 Å². The fourth-order valence-electron chi connectivity index (χ4n) is 3.21. The molecule has 1 aromatic heterocycles. The van der Waals surface area contributed by atoms with Crippen LogP contribution in [0.15, 0.2) is 77.3 Å². The van der Waals surface area contributed by atoms with E-state index in [-0.39, 0.29) is 5.91 Å². The normalized spacial score (nSPS) is 10.5. The Morgan fingerprint density at radius 1 is 0.970 bits per heavy atom. The van der Waals surface area contributed by atoms with E-state index in [4.69, 9.17) is 14.5 Å². The van der Waals surface area contributed by atoms with Crippen molar-refractivity contribution in [2.75, 3.05) is 19.5 Å². The van der Waals surface area contributed by atoms with Gasteiger partial charge in [-0.05, 0) is 42.0 Å². The number of hydrogen-bond donors (Lipinski definition) is 2. The van der Waals surface area contributed by atoms with Gasteiger partial charge in [0.05, 0.1) is 19.9 Å². The zero-order chi connectivity index (χ0) is 23.2. The van der Waals surface area contributed by atoms with Crippen LogP contribution < -0.4 is 20.1 Å². The van der Waals surface area contributed by atoms with E-state index in [0.29, 0.717) is 33.7 Å². The maximum Gasteiger partial charge on any atom is 0.264 e. The van der Waals surface area contributed by atoms with Gasteiger partial charge in [-0.15, -0.1) is 0 Å². The highest BCUT2D eigenvalue weighted by molar-refractivity contribution is 9.10. The highest BCUT2D eigenvalue weighted by atomic mass is 79.9. The average molecular weight is 524 g/mol. The molecule has 1 amide bonds. The summed E-state index contributed by atoms with van der Waals surface area (Å²) in [6, 6.07) is 23.0. The van der Waals surface area contributed by atoms with Crippen molar-refractivity contribution in [3.8, 4) is 22.8 Å². The Labute approximate surface area is 204 Å². The maximum atomic E-state index is 13.2. The summed E-state index contributed by atoms with van der Waals surface area (Å²) in [7, 11) is 3.20. The molecule has 0 fully saturated rings. The molecule has 1 heterocycles. The first-order valence-corrected chi connectivity index (χ1v) is 11.8. The number of nitrogens with zero attached hydrogens (tertiary/aromatic N) is 1. The number of benzene rings is 3. The third-order valence-electron chi connectivity index (χ3n) is 4.84. The van der Waals surface area contributed by atoms with Gasteiger partial charge in [-0.1, -0.05) is 57.6 Å². The Balaban J connectivity index is 1.59. The van der Waals surface area contributed by atoms with Gasteiger partial charge in [0.2, 0.25) is 0 Å². The van der Waals surface area contributed by atoms with Gasteiger partial charge < -0.3 is 20.1 Å². The van der Waals surface area contributed by atoms with E-state index >= 15 is 0 Å². The van der Waals surface area contributed by atoms with Crippen molar-refractivity contribution >= 4 is 44.0 Å². The monoisotopic (exact) mass is 523 g/mol. The summed E-state index contributed by atoms with van der Waals surface area (Å²) in [5.74, 6) is 1.14. The molecule has 6 nitrogen and oxygen atoms in total. The Bertz CT molecular complexity index is 1220. The number of carbonyl (C=O) groups excluding carboxylic acids is 1. The quantitative estimate of drug-likeness (QED) is 0.285. The standard InChI is InChI=1S/C25H22BrN3O3S/c1-31-20-12-16(13-21(14-20)32-2)15-27-24(30)23-22(17-6-4-3-5-7-17)29-25(33-23)28-19-10-8-18(26)9-11-19/h3-14H,15H2,1-2H3,(H,27,30)(H,28,29). The highest BCUT2D eigenvalue weighted by Crippen LogP contribution is 2.33. The first-order chi connectivity index (χ1) is 16.1. The van der Waals surface area contributed by atoms with Crippen LogP contribution in [0.1, 0.15) is 15.2 Å². The molecule has 168 valence electrons. The molecule has 0 saturated heterocycles. The summed E-state index contributed by atoms with van der Waals surface area (Å²) in [4.78, 5) is 18.5. The summed E-state index contributed by atoms with van der Waals surface area (Å²) in [6.45, 7) is 0.327. The number of anilines is 2. The molecule has 4 aromatic rings. The van der Waals surface area contributed by atoms with Crippen molar-refractivity contribution in [1.82, 2.24) is 10.3 Å². The third-order valence-corrected chi connectivity index (χ3v) is 6.34. The fraction of sp³-hybridized carbons (Fsp3) is 0.120. The molecule has 0 unspecified atom stereocenters. The molecular weight excluding hydrogens is 502 g/mol. The number of nitrogens with one attached hydrogen (secondary N) is 2. The first-order valence-electron chi connectivity index (χ1n) is 10.1. The first kappa shape index (κ1) is 22.8. The summed E-state index contributed by atoms with van der Waals surface area (Å²) in [5, 5.41) is 6.94. The van der Waals surface area contributed by atoms with Gasteiger partial charge in [-0.3, -0.25) is 4.79 Å². The Morgan fingerprint density at radius 3 is 2.27 bits per heavy atom. The van der Waals surface area contributed by atoms with Crippen LogP contribution in [0.2, 0.25) is 0 Å². The van der Waals surface area contributed by atoms with Crippen LogP contribution in [0.3, 0.4) is 0 Å². The average Bonchev–Trinajstić information content (AvgIpc) is 3.28. The Morgan fingerprint density at radius 2 is 1.64 bits per heavy atom. The molecule has 0 bridgehead atoms. The zero-order valence-electron chi connectivity index (χ0n) is 18.1.